The molecule has 0 aliphatic rings. The Morgan fingerprint density at radius 1 is 1.35 bits per heavy atom. The summed E-state index contributed by atoms with van der Waals surface area (Å²) in [6, 6.07) is 3.76. The topological polar surface area (TPSA) is 26.3 Å². The number of thiophene rings is 1. The summed E-state index contributed by atoms with van der Waals surface area (Å²) in [7, 11) is 1.19. The Morgan fingerprint density at radius 2 is 2.06 bits per heavy atom. The Balaban J connectivity index is 2.69. The van der Waals surface area contributed by atoms with E-state index in [4.69, 9.17) is 0 Å². The van der Waals surface area contributed by atoms with Gasteiger partial charge in [0.05, 0.1) is 18.2 Å². The quantitative estimate of drug-likeness (QED) is 0.731. The van der Waals surface area contributed by atoms with Crippen LogP contribution in [0.2, 0.25) is 0 Å². The zero-order chi connectivity index (χ0) is 12.6. The minimum absolute atomic E-state index is 0.0559. The molecule has 0 aliphatic carbocycles. The van der Waals surface area contributed by atoms with Gasteiger partial charge in [-0.3, -0.25) is 0 Å². The number of hydrogen-bond acceptors (Lipinski definition) is 3. The van der Waals surface area contributed by atoms with Crippen molar-refractivity contribution in [2.75, 3.05) is 7.11 Å². The molecular formula is C11H7F3O2S. The molecule has 2 rings (SSSR count). The van der Waals surface area contributed by atoms with Crippen LogP contribution in [0.3, 0.4) is 0 Å². The van der Waals surface area contributed by atoms with Crippen LogP contribution in [0.5, 0.6) is 0 Å². The summed E-state index contributed by atoms with van der Waals surface area (Å²) >= 11 is 0.890. The van der Waals surface area contributed by atoms with Crippen molar-refractivity contribution in [3.63, 3.8) is 0 Å². The predicted molar refractivity (Wildman–Crippen MR) is 58.2 cm³/mol. The first-order valence-electron chi connectivity index (χ1n) is 4.61. The molecule has 0 radical (unpaired) electrons. The maximum absolute atomic E-state index is 12.7. The van der Waals surface area contributed by atoms with Gasteiger partial charge in [-0.1, -0.05) is 12.1 Å². The molecule has 90 valence electrons. The maximum atomic E-state index is 12.7. The van der Waals surface area contributed by atoms with Gasteiger partial charge in [0.15, 0.2) is 0 Å². The van der Waals surface area contributed by atoms with E-state index in [-0.39, 0.29) is 15.6 Å². The summed E-state index contributed by atoms with van der Waals surface area (Å²) < 4.78 is 42.7. The van der Waals surface area contributed by atoms with Crippen LogP contribution < -0.4 is 0 Å². The predicted octanol–water partition coefficient (Wildman–Crippen LogP) is 3.71. The van der Waals surface area contributed by atoms with Gasteiger partial charge in [-0.2, -0.15) is 13.2 Å². The average molecular weight is 260 g/mol. The number of ether oxygens (including phenoxy) is 1. The second kappa shape index (κ2) is 4.03. The molecule has 6 heteroatoms. The normalized spacial score (nSPS) is 11.8. The zero-order valence-electron chi connectivity index (χ0n) is 8.67. The smallest absolute Gasteiger partial charge is 0.417 e. The molecule has 0 saturated heterocycles. The molecule has 0 amide bonds. The van der Waals surface area contributed by atoms with E-state index in [1.54, 1.807) is 0 Å². The van der Waals surface area contributed by atoms with Crippen LogP contribution in [0, 0.1) is 0 Å². The van der Waals surface area contributed by atoms with E-state index in [1.807, 2.05) is 0 Å². The van der Waals surface area contributed by atoms with Crippen LogP contribution in [0.4, 0.5) is 13.2 Å². The number of carbonyl (C=O) groups excluding carboxylic acids is 1. The van der Waals surface area contributed by atoms with Gasteiger partial charge in [0, 0.05) is 15.5 Å². The van der Waals surface area contributed by atoms with Crippen molar-refractivity contribution in [2.45, 2.75) is 6.18 Å². The van der Waals surface area contributed by atoms with E-state index in [0.717, 1.165) is 17.4 Å². The van der Waals surface area contributed by atoms with Crippen molar-refractivity contribution in [3.8, 4) is 0 Å². The minimum atomic E-state index is -4.42. The zero-order valence-corrected chi connectivity index (χ0v) is 9.48. The highest BCUT2D eigenvalue weighted by Gasteiger charge is 2.33. The van der Waals surface area contributed by atoms with Gasteiger partial charge in [-0.15, -0.1) is 11.3 Å². The Morgan fingerprint density at radius 3 is 2.65 bits per heavy atom. The van der Waals surface area contributed by atoms with Crippen LogP contribution in [-0.4, -0.2) is 13.1 Å². The Hall–Kier alpha value is -1.56. The number of hydrogen-bond donors (Lipinski definition) is 0. The Bertz CT molecular complexity index is 572. The molecule has 0 unspecified atom stereocenters. The molecule has 0 saturated carbocycles. The lowest BCUT2D eigenvalue weighted by Crippen LogP contribution is -2.05. The largest absolute Gasteiger partial charge is 0.465 e. The van der Waals surface area contributed by atoms with Gasteiger partial charge in [-0.05, 0) is 6.07 Å². The number of alkyl halides is 3. The summed E-state index contributed by atoms with van der Waals surface area (Å²) in [6.45, 7) is 0. The fraction of sp³-hybridized carbons (Fsp3) is 0.182. The van der Waals surface area contributed by atoms with E-state index in [0.29, 0.717) is 0 Å². The van der Waals surface area contributed by atoms with Gasteiger partial charge in [0.25, 0.3) is 0 Å². The minimum Gasteiger partial charge on any atom is -0.465 e. The molecule has 2 nitrogen and oxygen atoms in total. The third-order valence-corrected chi connectivity index (χ3v) is 3.34. The van der Waals surface area contributed by atoms with Crippen LogP contribution in [-0.2, 0) is 10.9 Å². The molecule has 0 bridgehead atoms. The summed E-state index contributed by atoms with van der Waals surface area (Å²) in [5.74, 6) is -0.629. The van der Waals surface area contributed by atoms with Crippen LogP contribution in [0.25, 0.3) is 10.1 Å². The molecule has 0 aliphatic heterocycles. The molecular weight excluding hydrogens is 253 g/mol. The van der Waals surface area contributed by atoms with Crippen LogP contribution >= 0.6 is 11.3 Å². The number of rotatable bonds is 1. The summed E-state index contributed by atoms with van der Waals surface area (Å²) in [5.41, 5.74) is -0.561. The van der Waals surface area contributed by atoms with Crippen molar-refractivity contribution in [1.82, 2.24) is 0 Å². The number of fused-ring (bicyclic) bond motifs is 1. The molecule has 0 spiro atoms. The first kappa shape index (κ1) is 11.9. The molecule has 0 atom stereocenters. The van der Waals surface area contributed by atoms with E-state index < -0.39 is 17.7 Å². The van der Waals surface area contributed by atoms with Crippen molar-refractivity contribution >= 4 is 27.4 Å². The Labute approximate surface area is 98.6 Å². The summed E-state index contributed by atoms with van der Waals surface area (Å²) in [4.78, 5) is 11.4. The van der Waals surface area contributed by atoms with Gasteiger partial charge in [-0.25, -0.2) is 4.79 Å². The molecule has 1 aromatic heterocycles. The van der Waals surface area contributed by atoms with E-state index in [1.165, 1.54) is 24.6 Å². The SMILES string of the molecule is COC(=O)c1csc2c(C(F)(F)F)cccc12. The molecule has 2 aromatic rings. The third kappa shape index (κ3) is 2.00. The monoisotopic (exact) mass is 260 g/mol. The number of carbonyl (C=O) groups is 1. The van der Waals surface area contributed by atoms with Gasteiger partial charge < -0.3 is 4.74 Å². The lowest BCUT2D eigenvalue weighted by molar-refractivity contribution is -0.136. The average Bonchev–Trinajstić information content (AvgIpc) is 2.69. The molecule has 0 fully saturated rings. The van der Waals surface area contributed by atoms with Crippen molar-refractivity contribution in [2.24, 2.45) is 0 Å². The second-order valence-corrected chi connectivity index (χ2v) is 4.20. The number of halogens is 3. The van der Waals surface area contributed by atoms with Crippen molar-refractivity contribution in [1.29, 1.82) is 0 Å². The molecule has 17 heavy (non-hydrogen) atoms. The number of esters is 1. The highest BCUT2D eigenvalue weighted by atomic mass is 32.1. The van der Waals surface area contributed by atoms with Crippen molar-refractivity contribution < 1.29 is 22.7 Å². The van der Waals surface area contributed by atoms with E-state index in [2.05, 4.69) is 4.74 Å². The first-order chi connectivity index (χ1) is 7.95. The van der Waals surface area contributed by atoms with Gasteiger partial charge in [0.2, 0.25) is 0 Å². The van der Waals surface area contributed by atoms with Gasteiger partial charge in [0.1, 0.15) is 0 Å². The molecule has 0 N–H and O–H groups in total. The summed E-state index contributed by atoms with van der Waals surface area (Å²) in [5, 5.41) is 1.66. The highest BCUT2D eigenvalue weighted by molar-refractivity contribution is 7.17. The fourth-order valence-electron chi connectivity index (χ4n) is 1.55. The van der Waals surface area contributed by atoms with Gasteiger partial charge >= 0.3 is 12.1 Å². The van der Waals surface area contributed by atoms with Crippen LogP contribution in [0.15, 0.2) is 23.6 Å². The molecule has 1 heterocycles. The lowest BCUT2D eigenvalue weighted by atomic mass is 10.1. The van der Waals surface area contributed by atoms with Crippen LogP contribution in [0.1, 0.15) is 15.9 Å². The van der Waals surface area contributed by atoms with Crippen molar-refractivity contribution in [3.05, 3.63) is 34.7 Å². The lowest BCUT2D eigenvalue weighted by Gasteiger charge is -2.07. The molecule has 1 aromatic carbocycles. The fourth-order valence-corrected chi connectivity index (χ4v) is 2.62. The summed E-state index contributed by atoms with van der Waals surface area (Å²) in [6.07, 6.45) is -4.42. The van der Waals surface area contributed by atoms with E-state index in [9.17, 15) is 18.0 Å². The highest BCUT2D eigenvalue weighted by Crippen LogP contribution is 2.38. The maximum Gasteiger partial charge on any atom is 0.417 e. The Kier molecular flexibility index (Phi) is 2.82. The standard InChI is InChI=1S/C11H7F3O2S/c1-16-10(15)7-5-17-9-6(7)3-2-4-8(9)11(12,13)14/h2-5H,1H3. The third-order valence-electron chi connectivity index (χ3n) is 2.31. The number of benzene rings is 1. The van der Waals surface area contributed by atoms with E-state index >= 15 is 0 Å². The number of methoxy groups -OCH3 is 1. The second-order valence-electron chi connectivity index (χ2n) is 3.32. The first-order valence-corrected chi connectivity index (χ1v) is 5.49.